The van der Waals surface area contributed by atoms with Gasteiger partial charge in [0.05, 0.1) is 25.3 Å². The molecule has 1 saturated heterocycles. The number of alkyl carbamates (subject to hydrolysis) is 1. The van der Waals surface area contributed by atoms with Crippen LogP contribution in [0.3, 0.4) is 0 Å². The van der Waals surface area contributed by atoms with Crippen LogP contribution in [0.5, 0.6) is 0 Å². The van der Waals surface area contributed by atoms with E-state index in [2.05, 4.69) is 36.4 Å². The van der Waals surface area contributed by atoms with Gasteiger partial charge >= 0.3 is 28.5 Å². The molecule has 2 aromatic rings. The largest absolute Gasteiger partial charge is 0.457 e. The molecule has 0 unspecified atom stereocenters. The molecule has 2 aromatic heterocycles. The van der Waals surface area contributed by atoms with Crippen molar-refractivity contribution < 1.29 is 56.0 Å². The van der Waals surface area contributed by atoms with Crippen molar-refractivity contribution in [3.63, 3.8) is 0 Å². The molecule has 4 N–H and O–H groups in total. The molecule has 1 aliphatic rings. The van der Waals surface area contributed by atoms with Crippen LogP contribution in [0, 0.1) is 0 Å². The number of oxime groups is 1. The van der Waals surface area contributed by atoms with Crippen LogP contribution in [-0.4, -0.2) is 107 Å². The molecule has 0 saturated carbocycles. The van der Waals surface area contributed by atoms with Gasteiger partial charge in [-0.25, -0.2) is 28.4 Å². The van der Waals surface area contributed by atoms with Crippen LogP contribution >= 0.6 is 11.3 Å². The van der Waals surface area contributed by atoms with Crippen molar-refractivity contribution in [2.45, 2.75) is 124 Å². The highest BCUT2D eigenvalue weighted by atomic mass is 32.2. The number of anilines is 1. The van der Waals surface area contributed by atoms with E-state index in [1.807, 2.05) is 0 Å². The SMILES string of the molecule is CC(C)(C)OC(=O)NCc1cn(C[C@@H]2[C@H](NC(=O)/C(=N/OC(C)(C)C(=O)OC(C)(C)C)c3csc(NC(=O)OC(C)(C)C)n3)C(=O)N2S(=O)(=O)O)nn1. The summed E-state index contributed by atoms with van der Waals surface area (Å²) in [5.74, 6) is -3.14. The number of carbonyl (C=O) groups excluding carboxylic acids is 5. The lowest BCUT2D eigenvalue weighted by Crippen LogP contribution is -2.73. The summed E-state index contributed by atoms with van der Waals surface area (Å²) in [5.41, 5.74) is -4.73. The zero-order chi connectivity index (χ0) is 40.3. The lowest BCUT2D eigenvalue weighted by molar-refractivity contribution is -0.179. The first kappa shape index (κ1) is 42.5. The first-order valence-corrected chi connectivity index (χ1v) is 18.3. The summed E-state index contributed by atoms with van der Waals surface area (Å²) in [6.45, 7) is 17.1. The first-order valence-electron chi connectivity index (χ1n) is 16.0. The number of esters is 1. The van der Waals surface area contributed by atoms with Crippen LogP contribution in [0.15, 0.2) is 16.7 Å². The van der Waals surface area contributed by atoms with Gasteiger partial charge in [0.1, 0.15) is 34.2 Å². The molecule has 0 spiro atoms. The van der Waals surface area contributed by atoms with Crippen LogP contribution in [0.1, 0.15) is 87.5 Å². The van der Waals surface area contributed by atoms with Gasteiger partial charge in [-0.3, -0.25) is 19.5 Å². The van der Waals surface area contributed by atoms with Gasteiger partial charge in [-0.2, -0.15) is 8.42 Å². The van der Waals surface area contributed by atoms with E-state index in [9.17, 15) is 36.9 Å². The van der Waals surface area contributed by atoms with Crippen LogP contribution in [-0.2, 0) is 56.8 Å². The van der Waals surface area contributed by atoms with Crippen molar-refractivity contribution in [1.29, 1.82) is 0 Å². The van der Waals surface area contributed by atoms with E-state index in [0.29, 0.717) is 0 Å². The predicted molar refractivity (Wildman–Crippen MR) is 187 cm³/mol. The van der Waals surface area contributed by atoms with Crippen LogP contribution in [0.25, 0.3) is 0 Å². The summed E-state index contributed by atoms with van der Waals surface area (Å²) < 4.78 is 51.2. The summed E-state index contributed by atoms with van der Waals surface area (Å²) in [5, 5.41) is 20.3. The molecule has 0 aromatic carbocycles. The fourth-order valence-corrected chi connectivity index (χ4v) is 5.71. The summed E-state index contributed by atoms with van der Waals surface area (Å²) >= 11 is 0.882. The molecule has 3 heterocycles. The van der Waals surface area contributed by atoms with Crippen molar-refractivity contribution in [1.82, 2.24) is 34.9 Å². The quantitative estimate of drug-likeness (QED) is 0.0599. The van der Waals surface area contributed by atoms with Gasteiger partial charge in [-0.1, -0.05) is 10.4 Å². The lowest BCUT2D eigenvalue weighted by atomic mass is 9.98. The number of nitrogens with one attached hydrogen (secondary N) is 3. The molecule has 294 valence electrons. The van der Waals surface area contributed by atoms with Gasteiger partial charge in [-0.15, -0.1) is 16.4 Å². The highest BCUT2D eigenvalue weighted by Crippen LogP contribution is 2.26. The van der Waals surface area contributed by atoms with E-state index in [-0.39, 0.29) is 27.4 Å². The Kier molecular flexibility index (Phi) is 12.5. The number of carbonyl (C=O) groups is 5. The molecule has 23 heteroatoms. The van der Waals surface area contributed by atoms with Crippen molar-refractivity contribution in [2.24, 2.45) is 5.16 Å². The molecule has 0 bridgehead atoms. The van der Waals surface area contributed by atoms with E-state index in [4.69, 9.17) is 19.0 Å². The molecule has 21 nitrogen and oxygen atoms in total. The number of β-lactam (4-membered cyclic amide) rings is 1. The summed E-state index contributed by atoms with van der Waals surface area (Å²) in [6, 6.07) is -2.99. The fraction of sp³-hybridized carbons (Fsp3) is 0.633. The monoisotopic (exact) mass is 787 g/mol. The van der Waals surface area contributed by atoms with E-state index in [0.717, 1.165) is 16.0 Å². The predicted octanol–water partition coefficient (Wildman–Crippen LogP) is 2.15. The lowest BCUT2D eigenvalue weighted by Gasteiger charge is -2.43. The molecule has 4 amide bonds. The molecule has 0 radical (unpaired) electrons. The van der Waals surface area contributed by atoms with Gasteiger partial charge in [0.25, 0.3) is 11.8 Å². The van der Waals surface area contributed by atoms with Crippen molar-refractivity contribution >= 4 is 62.5 Å². The van der Waals surface area contributed by atoms with Gasteiger partial charge in [0, 0.05) is 5.38 Å². The summed E-state index contributed by atoms with van der Waals surface area (Å²) in [4.78, 5) is 73.7. The van der Waals surface area contributed by atoms with Gasteiger partial charge in [0.2, 0.25) is 5.60 Å². The Labute approximate surface area is 310 Å². The number of ether oxygens (including phenoxy) is 3. The third-order valence-electron chi connectivity index (χ3n) is 6.30. The van der Waals surface area contributed by atoms with Crippen LogP contribution < -0.4 is 16.0 Å². The molecular formula is C30H45N9O12S2. The van der Waals surface area contributed by atoms with Gasteiger partial charge < -0.3 is 29.7 Å². The number of amides is 4. The standard InChI is InChI=1S/C30H45N9O12S2/c1-27(2,3)48-23(42)30(10,11)51-36-19(17-15-52-24(32-17)34-26(44)50-29(7,8)9)21(40)33-20-18(39(22(20)41)53(45,46)47)14-38-13-16(35-37-38)12-31-25(43)49-28(4,5)6/h13,15,18,20H,12,14H2,1-11H3,(H,31,43)(H,33,40)(H,32,34,44)(H,45,46,47)/b36-19+/t18-,20+/m1/s1. The topological polar surface area (TPSA) is 272 Å². The minimum absolute atomic E-state index is 0.0144. The Morgan fingerprint density at radius 1 is 0.943 bits per heavy atom. The van der Waals surface area contributed by atoms with Crippen molar-refractivity contribution in [3.8, 4) is 0 Å². The maximum absolute atomic E-state index is 13.8. The Morgan fingerprint density at radius 2 is 1.53 bits per heavy atom. The minimum atomic E-state index is -5.10. The Balaban J connectivity index is 1.89. The number of rotatable bonds is 12. The third kappa shape index (κ3) is 12.6. The highest BCUT2D eigenvalue weighted by molar-refractivity contribution is 7.84. The maximum Gasteiger partial charge on any atom is 0.413 e. The van der Waals surface area contributed by atoms with Crippen LogP contribution in [0.2, 0.25) is 0 Å². The Morgan fingerprint density at radius 3 is 2.09 bits per heavy atom. The zero-order valence-corrected chi connectivity index (χ0v) is 32.8. The van der Waals surface area contributed by atoms with E-state index in [1.54, 1.807) is 62.3 Å². The normalized spacial score (nSPS) is 17.0. The second-order valence-electron chi connectivity index (χ2n) is 15.1. The average molecular weight is 788 g/mol. The maximum atomic E-state index is 13.8. The number of nitrogens with zero attached hydrogens (tertiary/aromatic N) is 6. The minimum Gasteiger partial charge on any atom is -0.457 e. The third-order valence-corrected chi connectivity index (χ3v) is 8.01. The van der Waals surface area contributed by atoms with Crippen LogP contribution in [0.4, 0.5) is 14.7 Å². The number of hydrogen-bond acceptors (Lipinski definition) is 16. The molecular weight excluding hydrogens is 743 g/mol. The number of hydrogen-bond donors (Lipinski definition) is 4. The second-order valence-corrected chi connectivity index (χ2v) is 17.3. The van der Waals surface area contributed by atoms with Gasteiger partial charge in [-0.05, 0) is 76.2 Å². The molecule has 0 aliphatic carbocycles. The molecule has 2 atom stereocenters. The Hall–Kier alpha value is -4.90. The molecule has 1 aliphatic heterocycles. The van der Waals surface area contributed by atoms with Crippen molar-refractivity contribution in [2.75, 3.05) is 5.32 Å². The smallest absolute Gasteiger partial charge is 0.413 e. The van der Waals surface area contributed by atoms with E-state index < -0.39 is 87.0 Å². The molecule has 53 heavy (non-hydrogen) atoms. The average Bonchev–Trinajstić information content (AvgIpc) is 3.60. The van der Waals surface area contributed by atoms with Gasteiger partial charge in [0.15, 0.2) is 10.8 Å². The summed E-state index contributed by atoms with van der Waals surface area (Å²) in [6.07, 6.45) is -0.218. The summed E-state index contributed by atoms with van der Waals surface area (Å²) in [7, 11) is -5.10. The van der Waals surface area contributed by atoms with E-state index >= 15 is 0 Å². The number of aromatic nitrogens is 4. The number of thiazole rings is 1. The van der Waals surface area contributed by atoms with Crippen molar-refractivity contribution in [3.05, 3.63) is 23.0 Å². The highest BCUT2D eigenvalue weighted by Gasteiger charge is 2.54. The first-order chi connectivity index (χ1) is 24.0. The Bertz CT molecular complexity index is 1850. The fourth-order valence-electron chi connectivity index (χ4n) is 4.16. The second kappa shape index (κ2) is 15.6. The zero-order valence-electron chi connectivity index (χ0n) is 31.2. The van der Waals surface area contributed by atoms with E-state index in [1.165, 1.54) is 25.4 Å². The molecule has 1 fully saturated rings. The molecule has 3 rings (SSSR count).